The summed E-state index contributed by atoms with van der Waals surface area (Å²) in [6.07, 6.45) is 0. The number of nitrogens with one attached hydrogen (secondary N) is 1. The molecule has 20 heavy (non-hydrogen) atoms. The van der Waals surface area contributed by atoms with Gasteiger partial charge in [-0.2, -0.15) is 0 Å². The average Bonchev–Trinajstić information content (AvgIpc) is 2.32. The minimum atomic E-state index is -0.546. The molecule has 110 valence electrons. The van der Waals surface area contributed by atoms with Gasteiger partial charge in [0, 0.05) is 19.2 Å². The van der Waals surface area contributed by atoms with Crippen LogP contribution in [0.2, 0.25) is 5.02 Å². The van der Waals surface area contributed by atoms with Gasteiger partial charge in [0.2, 0.25) is 11.8 Å². The van der Waals surface area contributed by atoms with Crippen molar-refractivity contribution in [2.45, 2.75) is 20.8 Å². The molecule has 4 nitrogen and oxygen atoms in total. The van der Waals surface area contributed by atoms with E-state index in [1.165, 1.54) is 30.0 Å². The predicted octanol–water partition coefficient (Wildman–Crippen LogP) is 2.92. The number of hydrogen-bond acceptors (Lipinski definition) is 2. The molecular weight excluding hydrogens is 283 g/mol. The van der Waals surface area contributed by atoms with Crippen LogP contribution < -0.4 is 5.32 Å². The number of rotatable bonds is 5. The quantitative estimate of drug-likeness (QED) is 0.909. The van der Waals surface area contributed by atoms with Gasteiger partial charge in [0.1, 0.15) is 5.82 Å². The van der Waals surface area contributed by atoms with Crippen LogP contribution in [0.3, 0.4) is 0 Å². The fourth-order valence-electron chi connectivity index (χ4n) is 1.69. The Morgan fingerprint density at radius 3 is 2.55 bits per heavy atom. The molecule has 0 radical (unpaired) electrons. The number of anilines is 1. The number of hydrogen-bond donors (Lipinski definition) is 1. The van der Waals surface area contributed by atoms with Crippen molar-refractivity contribution in [1.82, 2.24) is 4.90 Å². The Morgan fingerprint density at radius 1 is 1.40 bits per heavy atom. The fourth-order valence-corrected chi connectivity index (χ4v) is 1.87. The zero-order valence-corrected chi connectivity index (χ0v) is 12.5. The minimum absolute atomic E-state index is 0.0392. The largest absolute Gasteiger partial charge is 0.333 e. The van der Waals surface area contributed by atoms with E-state index in [2.05, 4.69) is 5.32 Å². The van der Waals surface area contributed by atoms with Crippen molar-refractivity contribution in [3.8, 4) is 0 Å². The third kappa shape index (κ3) is 5.17. The first-order valence-corrected chi connectivity index (χ1v) is 6.67. The molecule has 0 bridgehead atoms. The standard InChI is InChI=1S/C14H18ClFN2O2/c1-9(2)7-18(10(3)19)8-14(20)17-11-4-5-13(16)12(15)6-11/h4-6,9H,7-8H2,1-3H3,(H,17,20). The second-order valence-corrected chi connectivity index (χ2v) is 5.38. The van der Waals surface area contributed by atoms with Crippen LogP contribution in [0.15, 0.2) is 18.2 Å². The van der Waals surface area contributed by atoms with Crippen molar-refractivity contribution in [3.63, 3.8) is 0 Å². The van der Waals surface area contributed by atoms with E-state index in [1.54, 1.807) is 0 Å². The summed E-state index contributed by atoms with van der Waals surface area (Å²) in [5.74, 6) is -0.781. The fraction of sp³-hybridized carbons (Fsp3) is 0.429. The van der Waals surface area contributed by atoms with Gasteiger partial charge in [-0.05, 0) is 24.1 Å². The highest BCUT2D eigenvalue weighted by molar-refractivity contribution is 6.31. The first-order chi connectivity index (χ1) is 9.29. The monoisotopic (exact) mass is 300 g/mol. The lowest BCUT2D eigenvalue weighted by atomic mass is 10.2. The number of halogens is 2. The minimum Gasteiger partial charge on any atom is -0.333 e. The summed E-state index contributed by atoms with van der Waals surface area (Å²) in [4.78, 5) is 24.8. The van der Waals surface area contributed by atoms with Crippen LogP contribution >= 0.6 is 11.6 Å². The highest BCUT2D eigenvalue weighted by Crippen LogP contribution is 2.19. The lowest BCUT2D eigenvalue weighted by Crippen LogP contribution is -2.38. The van der Waals surface area contributed by atoms with Gasteiger partial charge in [-0.3, -0.25) is 9.59 Å². The molecule has 0 fully saturated rings. The molecule has 2 amide bonds. The van der Waals surface area contributed by atoms with E-state index in [9.17, 15) is 14.0 Å². The molecule has 1 aromatic carbocycles. The molecule has 0 spiro atoms. The van der Waals surface area contributed by atoms with Crippen molar-refractivity contribution in [1.29, 1.82) is 0 Å². The van der Waals surface area contributed by atoms with Crippen molar-refractivity contribution in [3.05, 3.63) is 29.0 Å². The summed E-state index contributed by atoms with van der Waals surface area (Å²) in [6, 6.07) is 3.92. The molecule has 0 saturated carbocycles. The molecule has 0 atom stereocenters. The summed E-state index contributed by atoms with van der Waals surface area (Å²) >= 11 is 5.63. The van der Waals surface area contributed by atoms with Crippen molar-refractivity contribution in [2.24, 2.45) is 5.92 Å². The maximum Gasteiger partial charge on any atom is 0.243 e. The van der Waals surface area contributed by atoms with Gasteiger partial charge in [-0.25, -0.2) is 4.39 Å². The van der Waals surface area contributed by atoms with Gasteiger partial charge in [-0.15, -0.1) is 0 Å². The lowest BCUT2D eigenvalue weighted by Gasteiger charge is -2.22. The van der Waals surface area contributed by atoms with Crippen LogP contribution in [0.1, 0.15) is 20.8 Å². The van der Waals surface area contributed by atoms with Gasteiger partial charge in [-0.1, -0.05) is 25.4 Å². The molecule has 0 aliphatic rings. The molecule has 0 aliphatic carbocycles. The van der Waals surface area contributed by atoms with Gasteiger partial charge in [0.15, 0.2) is 0 Å². The first kappa shape index (κ1) is 16.4. The molecule has 0 saturated heterocycles. The predicted molar refractivity (Wildman–Crippen MR) is 77.1 cm³/mol. The molecular formula is C14H18ClFN2O2. The van der Waals surface area contributed by atoms with Gasteiger partial charge in [0.25, 0.3) is 0 Å². The molecule has 0 unspecified atom stereocenters. The Kier molecular flexibility index (Phi) is 5.95. The highest BCUT2D eigenvalue weighted by Gasteiger charge is 2.15. The Balaban J connectivity index is 2.65. The Morgan fingerprint density at radius 2 is 2.05 bits per heavy atom. The van der Waals surface area contributed by atoms with Gasteiger partial charge >= 0.3 is 0 Å². The third-order valence-electron chi connectivity index (χ3n) is 2.57. The zero-order valence-electron chi connectivity index (χ0n) is 11.7. The summed E-state index contributed by atoms with van der Waals surface area (Å²) in [6.45, 7) is 5.82. The maximum absolute atomic E-state index is 13.0. The summed E-state index contributed by atoms with van der Waals surface area (Å²) in [5, 5.41) is 2.52. The van der Waals surface area contributed by atoms with Crippen LogP contribution in [0.25, 0.3) is 0 Å². The SMILES string of the molecule is CC(=O)N(CC(=O)Nc1ccc(F)c(Cl)c1)CC(C)C. The molecule has 1 rings (SSSR count). The Labute approximate surface area is 122 Å². The van der Waals surface area contributed by atoms with Crippen molar-refractivity contribution in [2.75, 3.05) is 18.4 Å². The van der Waals surface area contributed by atoms with Crippen LogP contribution in [-0.4, -0.2) is 29.8 Å². The van der Waals surface area contributed by atoms with E-state index >= 15 is 0 Å². The molecule has 1 aromatic rings. The number of nitrogens with zero attached hydrogens (tertiary/aromatic N) is 1. The number of carbonyl (C=O) groups is 2. The smallest absolute Gasteiger partial charge is 0.243 e. The van der Waals surface area contributed by atoms with E-state index in [0.29, 0.717) is 12.2 Å². The molecule has 0 heterocycles. The number of benzene rings is 1. The number of carbonyl (C=O) groups excluding carboxylic acids is 2. The normalized spacial score (nSPS) is 10.5. The second kappa shape index (κ2) is 7.24. The Bertz CT molecular complexity index is 506. The first-order valence-electron chi connectivity index (χ1n) is 6.30. The van der Waals surface area contributed by atoms with Crippen LogP contribution in [0.4, 0.5) is 10.1 Å². The maximum atomic E-state index is 13.0. The summed E-state index contributed by atoms with van der Waals surface area (Å²) in [7, 11) is 0. The van der Waals surface area contributed by atoms with E-state index in [-0.39, 0.29) is 29.3 Å². The van der Waals surface area contributed by atoms with Gasteiger partial charge < -0.3 is 10.2 Å². The Hall–Kier alpha value is -1.62. The summed E-state index contributed by atoms with van der Waals surface area (Å²) < 4.78 is 13.0. The molecule has 1 N–H and O–H groups in total. The van der Waals surface area contributed by atoms with E-state index in [1.807, 2.05) is 13.8 Å². The molecule has 0 aliphatic heterocycles. The van der Waals surface area contributed by atoms with E-state index < -0.39 is 5.82 Å². The molecule has 0 aromatic heterocycles. The average molecular weight is 301 g/mol. The van der Waals surface area contributed by atoms with Crippen LogP contribution in [-0.2, 0) is 9.59 Å². The number of amides is 2. The zero-order chi connectivity index (χ0) is 15.3. The van der Waals surface area contributed by atoms with Crippen molar-refractivity contribution >= 4 is 29.1 Å². The molecule has 6 heteroatoms. The topological polar surface area (TPSA) is 49.4 Å². The van der Waals surface area contributed by atoms with Crippen LogP contribution in [0, 0.1) is 11.7 Å². The third-order valence-corrected chi connectivity index (χ3v) is 2.86. The van der Waals surface area contributed by atoms with Crippen molar-refractivity contribution < 1.29 is 14.0 Å². The lowest BCUT2D eigenvalue weighted by molar-refractivity contribution is -0.133. The summed E-state index contributed by atoms with van der Waals surface area (Å²) in [5.41, 5.74) is 0.398. The highest BCUT2D eigenvalue weighted by atomic mass is 35.5. The van der Waals surface area contributed by atoms with Gasteiger partial charge in [0.05, 0.1) is 11.6 Å². The van der Waals surface area contributed by atoms with E-state index in [4.69, 9.17) is 11.6 Å². The van der Waals surface area contributed by atoms with E-state index in [0.717, 1.165) is 0 Å². The van der Waals surface area contributed by atoms with Crippen LogP contribution in [0.5, 0.6) is 0 Å². The second-order valence-electron chi connectivity index (χ2n) is 4.97.